The third kappa shape index (κ3) is 3.00. The molecule has 1 heterocycles. The van der Waals surface area contributed by atoms with Gasteiger partial charge in [-0.3, -0.25) is 0 Å². The summed E-state index contributed by atoms with van der Waals surface area (Å²) in [6, 6.07) is 5.24. The third-order valence-corrected chi connectivity index (χ3v) is 3.71. The molecule has 3 nitrogen and oxygen atoms in total. The number of halogens is 3. The number of hydrogen-bond acceptors (Lipinski definition) is 3. The molecule has 22 heavy (non-hydrogen) atoms. The second kappa shape index (κ2) is 6.10. The van der Waals surface area contributed by atoms with E-state index >= 15 is 0 Å². The van der Waals surface area contributed by atoms with E-state index in [9.17, 15) is 13.2 Å². The highest BCUT2D eigenvalue weighted by atomic mass is 19.4. The van der Waals surface area contributed by atoms with E-state index < -0.39 is 11.7 Å². The van der Waals surface area contributed by atoms with Crippen molar-refractivity contribution in [1.29, 1.82) is 0 Å². The molecule has 1 aliphatic rings. The van der Waals surface area contributed by atoms with Gasteiger partial charge in [0, 0.05) is 6.42 Å². The van der Waals surface area contributed by atoms with Crippen LogP contribution < -0.4 is 0 Å². The number of hydrogen-bond donors (Lipinski definition) is 0. The van der Waals surface area contributed by atoms with Gasteiger partial charge in [-0.15, -0.1) is 0 Å². The Bertz CT molecular complexity index is 613. The first kappa shape index (κ1) is 16.5. The van der Waals surface area contributed by atoms with Gasteiger partial charge < -0.3 is 4.52 Å². The molecule has 0 radical (unpaired) electrons. The zero-order chi connectivity index (χ0) is 16.4. The second-order valence-electron chi connectivity index (χ2n) is 5.02. The Labute approximate surface area is 127 Å². The van der Waals surface area contributed by atoms with E-state index in [1.807, 2.05) is 20.8 Å². The van der Waals surface area contributed by atoms with Crippen LogP contribution in [0.25, 0.3) is 0 Å². The number of aryl methyl sites for hydroxylation is 1. The highest BCUT2D eigenvalue weighted by molar-refractivity contribution is 5.40. The van der Waals surface area contributed by atoms with Gasteiger partial charge in [0.05, 0.1) is 11.0 Å². The van der Waals surface area contributed by atoms with Gasteiger partial charge in [0.1, 0.15) is 0 Å². The minimum absolute atomic E-state index is 0.360. The maximum absolute atomic E-state index is 12.6. The van der Waals surface area contributed by atoms with Crippen molar-refractivity contribution in [3.63, 3.8) is 0 Å². The van der Waals surface area contributed by atoms with E-state index in [-0.39, 0.29) is 5.41 Å². The molecule has 6 heteroatoms. The predicted molar refractivity (Wildman–Crippen MR) is 76.5 cm³/mol. The molecule has 0 saturated heterocycles. The minimum Gasteiger partial charge on any atom is -0.339 e. The van der Waals surface area contributed by atoms with Gasteiger partial charge in [0.15, 0.2) is 5.82 Å². The molecule has 0 amide bonds. The molecular weight excluding hydrogens is 293 g/mol. The van der Waals surface area contributed by atoms with Crippen LogP contribution in [0.1, 0.15) is 56.5 Å². The standard InChI is InChI=1S/C14H13F3N2O.C2H6/c1-2-11-18-12(19-20-11)13(7-8-13)9-3-5-10(6-4-9)14(15,16)17;1-2/h3-6H,2,7-8H2,1H3;1-2H3. The summed E-state index contributed by atoms with van der Waals surface area (Å²) in [7, 11) is 0. The van der Waals surface area contributed by atoms with Gasteiger partial charge in [-0.05, 0) is 30.5 Å². The summed E-state index contributed by atoms with van der Waals surface area (Å²) in [5.41, 5.74) is -0.186. The quantitative estimate of drug-likeness (QED) is 0.820. The first-order valence-corrected chi connectivity index (χ1v) is 7.46. The zero-order valence-corrected chi connectivity index (χ0v) is 12.9. The number of benzene rings is 1. The van der Waals surface area contributed by atoms with Crippen LogP contribution in [-0.2, 0) is 18.0 Å². The van der Waals surface area contributed by atoms with Crippen LogP contribution in [0.5, 0.6) is 0 Å². The molecule has 1 saturated carbocycles. The van der Waals surface area contributed by atoms with E-state index in [1.165, 1.54) is 12.1 Å². The van der Waals surface area contributed by atoms with Crippen LogP contribution in [0.4, 0.5) is 13.2 Å². The van der Waals surface area contributed by atoms with Crippen molar-refractivity contribution in [2.24, 2.45) is 0 Å². The fourth-order valence-electron chi connectivity index (χ4n) is 2.34. The number of nitrogens with zero attached hydrogens (tertiary/aromatic N) is 2. The zero-order valence-electron chi connectivity index (χ0n) is 12.9. The smallest absolute Gasteiger partial charge is 0.339 e. The fraction of sp³-hybridized carbons (Fsp3) is 0.500. The van der Waals surface area contributed by atoms with Crippen molar-refractivity contribution in [3.05, 3.63) is 47.1 Å². The van der Waals surface area contributed by atoms with Crippen LogP contribution in [0, 0.1) is 0 Å². The van der Waals surface area contributed by atoms with Crippen LogP contribution in [0.2, 0.25) is 0 Å². The Morgan fingerprint density at radius 3 is 2.14 bits per heavy atom. The first-order valence-electron chi connectivity index (χ1n) is 7.46. The molecule has 1 aromatic carbocycles. The predicted octanol–water partition coefficient (Wildman–Crippen LogP) is 4.76. The highest BCUT2D eigenvalue weighted by Crippen LogP contribution is 2.52. The topological polar surface area (TPSA) is 38.9 Å². The normalized spacial score (nSPS) is 15.9. The van der Waals surface area contributed by atoms with Crippen molar-refractivity contribution < 1.29 is 17.7 Å². The molecule has 0 unspecified atom stereocenters. The van der Waals surface area contributed by atoms with Crippen molar-refractivity contribution in [2.45, 2.75) is 51.6 Å². The molecule has 2 aromatic rings. The maximum atomic E-state index is 12.6. The third-order valence-electron chi connectivity index (χ3n) is 3.71. The lowest BCUT2D eigenvalue weighted by Crippen LogP contribution is -2.12. The highest BCUT2D eigenvalue weighted by Gasteiger charge is 2.50. The van der Waals surface area contributed by atoms with E-state index in [0.29, 0.717) is 18.1 Å². The summed E-state index contributed by atoms with van der Waals surface area (Å²) >= 11 is 0. The number of aromatic nitrogens is 2. The molecule has 0 atom stereocenters. The van der Waals surface area contributed by atoms with E-state index in [2.05, 4.69) is 10.1 Å². The summed E-state index contributed by atoms with van der Waals surface area (Å²) in [6.45, 7) is 5.91. The van der Waals surface area contributed by atoms with Crippen LogP contribution in [0.3, 0.4) is 0 Å². The lowest BCUT2D eigenvalue weighted by atomic mass is 9.94. The van der Waals surface area contributed by atoms with Crippen molar-refractivity contribution >= 4 is 0 Å². The summed E-state index contributed by atoms with van der Waals surface area (Å²) in [6.07, 6.45) is -1.99. The summed E-state index contributed by atoms with van der Waals surface area (Å²) in [5, 5.41) is 3.96. The Balaban J connectivity index is 0.000000847. The van der Waals surface area contributed by atoms with Crippen molar-refractivity contribution in [1.82, 2.24) is 10.1 Å². The summed E-state index contributed by atoms with van der Waals surface area (Å²) in [4.78, 5) is 4.31. The van der Waals surface area contributed by atoms with Crippen LogP contribution >= 0.6 is 0 Å². The molecule has 0 N–H and O–H groups in total. The minimum atomic E-state index is -4.31. The van der Waals surface area contributed by atoms with Gasteiger partial charge in [-0.1, -0.05) is 38.1 Å². The molecule has 3 rings (SSSR count). The molecular formula is C16H19F3N2O. The van der Waals surface area contributed by atoms with Crippen molar-refractivity contribution in [3.8, 4) is 0 Å². The average Bonchev–Trinajstić information content (AvgIpc) is 3.19. The van der Waals surface area contributed by atoms with Gasteiger partial charge in [0.2, 0.25) is 5.89 Å². The van der Waals surface area contributed by atoms with Gasteiger partial charge in [0.25, 0.3) is 0 Å². The molecule has 0 bridgehead atoms. The van der Waals surface area contributed by atoms with Gasteiger partial charge >= 0.3 is 6.18 Å². The summed E-state index contributed by atoms with van der Waals surface area (Å²) < 4.78 is 42.8. The Kier molecular flexibility index (Phi) is 4.58. The first-order chi connectivity index (χ1) is 10.5. The maximum Gasteiger partial charge on any atom is 0.416 e. The SMILES string of the molecule is CC.CCc1nc(C2(c3ccc(C(F)(F)F)cc3)CC2)no1. The Morgan fingerprint density at radius 2 is 1.73 bits per heavy atom. The van der Waals surface area contributed by atoms with Crippen LogP contribution in [-0.4, -0.2) is 10.1 Å². The van der Waals surface area contributed by atoms with Crippen LogP contribution in [0.15, 0.2) is 28.8 Å². The number of alkyl halides is 3. The molecule has 1 fully saturated rings. The monoisotopic (exact) mass is 312 g/mol. The lowest BCUT2D eigenvalue weighted by molar-refractivity contribution is -0.137. The molecule has 0 spiro atoms. The van der Waals surface area contributed by atoms with Gasteiger partial charge in [-0.25, -0.2) is 0 Å². The van der Waals surface area contributed by atoms with E-state index in [1.54, 1.807) is 0 Å². The Morgan fingerprint density at radius 1 is 1.14 bits per heavy atom. The average molecular weight is 312 g/mol. The molecule has 0 aliphatic heterocycles. The lowest BCUT2D eigenvalue weighted by Gasteiger charge is -2.13. The van der Waals surface area contributed by atoms with Crippen molar-refractivity contribution in [2.75, 3.05) is 0 Å². The molecule has 120 valence electrons. The molecule has 1 aliphatic carbocycles. The van der Waals surface area contributed by atoms with E-state index in [0.717, 1.165) is 30.5 Å². The fourth-order valence-corrected chi connectivity index (χ4v) is 2.34. The van der Waals surface area contributed by atoms with E-state index in [4.69, 9.17) is 4.52 Å². The second-order valence-corrected chi connectivity index (χ2v) is 5.02. The Hall–Kier alpha value is -1.85. The van der Waals surface area contributed by atoms with Gasteiger partial charge in [-0.2, -0.15) is 18.2 Å². The number of rotatable bonds is 3. The summed E-state index contributed by atoms with van der Waals surface area (Å²) in [5.74, 6) is 1.13. The molecule has 1 aromatic heterocycles. The largest absolute Gasteiger partial charge is 0.416 e.